The molecule has 24 heavy (non-hydrogen) atoms. The van der Waals surface area contributed by atoms with Crippen LogP contribution in [0.1, 0.15) is 34.9 Å². The Balaban J connectivity index is 1.89. The molecular weight excluding hydrogens is 306 g/mol. The van der Waals surface area contributed by atoms with E-state index in [9.17, 15) is 4.79 Å². The minimum absolute atomic E-state index is 0.362. The highest BCUT2D eigenvalue weighted by Crippen LogP contribution is 2.39. The smallest absolute Gasteiger partial charge is 0.337 e. The highest BCUT2D eigenvalue weighted by molar-refractivity contribution is 5.90. The lowest BCUT2D eigenvalue weighted by molar-refractivity contribution is 0.0601. The van der Waals surface area contributed by atoms with Crippen LogP contribution in [0.5, 0.6) is 5.75 Å². The maximum Gasteiger partial charge on any atom is 0.337 e. The van der Waals surface area contributed by atoms with Gasteiger partial charge in [0.2, 0.25) is 0 Å². The third kappa shape index (κ3) is 2.40. The van der Waals surface area contributed by atoms with E-state index in [1.165, 1.54) is 7.11 Å². The number of rotatable bonds is 4. The van der Waals surface area contributed by atoms with E-state index >= 15 is 0 Å². The minimum Gasteiger partial charge on any atom is -0.493 e. The van der Waals surface area contributed by atoms with Gasteiger partial charge in [-0.25, -0.2) is 14.3 Å². The number of methoxy groups -OCH3 is 2. The van der Waals surface area contributed by atoms with Crippen LogP contribution in [0.25, 0.3) is 16.9 Å². The third-order valence-electron chi connectivity index (χ3n) is 4.21. The molecule has 0 unspecified atom stereocenters. The van der Waals surface area contributed by atoms with Gasteiger partial charge >= 0.3 is 5.97 Å². The molecule has 0 spiro atoms. The van der Waals surface area contributed by atoms with E-state index in [1.807, 2.05) is 24.3 Å². The van der Waals surface area contributed by atoms with Crippen LogP contribution in [0.4, 0.5) is 0 Å². The van der Waals surface area contributed by atoms with Crippen LogP contribution in [0, 0.1) is 0 Å². The number of ether oxygens (including phenoxy) is 2. The molecule has 0 bridgehead atoms. The number of aromatic nitrogens is 3. The second kappa shape index (κ2) is 5.63. The van der Waals surface area contributed by atoms with E-state index in [2.05, 4.69) is 10.1 Å². The summed E-state index contributed by atoms with van der Waals surface area (Å²) in [5.74, 6) is 1.62. The molecule has 2 heterocycles. The Morgan fingerprint density at radius 1 is 1.21 bits per heavy atom. The first-order chi connectivity index (χ1) is 11.7. The number of benzene rings is 1. The van der Waals surface area contributed by atoms with Crippen LogP contribution in [0.3, 0.4) is 0 Å². The molecule has 0 saturated heterocycles. The van der Waals surface area contributed by atoms with E-state index < -0.39 is 0 Å². The van der Waals surface area contributed by atoms with Crippen LogP contribution in [-0.4, -0.2) is 34.8 Å². The number of nitrogens with zero attached hydrogens (tertiary/aromatic N) is 3. The predicted molar refractivity (Wildman–Crippen MR) is 88.3 cm³/mol. The Morgan fingerprint density at radius 2 is 2.04 bits per heavy atom. The summed E-state index contributed by atoms with van der Waals surface area (Å²) >= 11 is 0. The van der Waals surface area contributed by atoms with Crippen molar-refractivity contribution in [1.29, 1.82) is 0 Å². The molecule has 0 N–H and O–H groups in total. The van der Waals surface area contributed by atoms with E-state index in [4.69, 9.17) is 9.47 Å². The zero-order valence-electron chi connectivity index (χ0n) is 13.5. The molecule has 1 aliphatic carbocycles. The Labute approximate surface area is 139 Å². The molecular formula is C18H17N3O3. The van der Waals surface area contributed by atoms with Crippen molar-refractivity contribution in [1.82, 2.24) is 14.6 Å². The van der Waals surface area contributed by atoms with Crippen molar-refractivity contribution < 1.29 is 14.3 Å². The summed E-state index contributed by atoms with van der Waals surface area (Å²) < 4.78 is 12.0. The van der Waals surface area contributed by atoms with E-state index in [0.717, 1.165) is 29.9 Å². The topological polar surface area (TPSA) is 65.7 Å². The second-order valence-electron chi connectivity index (χ2n) is 5.84. The summed E-state index contributed by atoms with van der Waals surface area (Å²) in [7, 11) is 3.00. The molecule has 2 aromatic heterocycles. The van der Waals surface area contributed by atoms with Crippen molar-refractivity contribution in [3.63, 3.8) is 0 Å². The Morgan fingerprint density at radius 3 is 2.75 bits per heavy atom. The first-order valence-corrected chi connectivity index (χ1v) is 7.83. The number of esters is 1. The molecule has 4 rings (SSSR count). The van der Waals surface area contributed by atoms with Gasteiger partial charge in [-0.05, 0) is 37.1 Å². The van der Waals surface area contributed by atoms with Crippen molar-refractivity contribution >= 4 is 11.6 Å². The molecule has 0 radical (unpaired) electrons. The van der Waals surface area contributed by atoms with Gasteiger partial charge in [0.1, 0.15) is 0 Å². The quantitative estimate of drug-likeness (QED) is 0.690. The lowest BCUT2D eigenvalue weighted by atomic mass is 10.1. The summed E-state index contributed by atoms with van der Waals surface area (Å²) in [6.45, 7) is 0. The molecule has 6 heteroatoms. The number of hydrogen-bond acceptors (Lipinski definition) is 5. The van der Waals surface area contributed by atoms with Gasteiger partial charge in [0, 0.05) is 11.5 Å². The summed E-state index contributed by atoms with van der Waals surface area (Å²) in [5.41, 5.74) is 2.93. The summed E-state index contributed by atoms with van der Waals surface area (Å²) in [6, 6.07) is 11.1. The van der Waals surface area contributed by atoms with Gasteiger partial charge < -0.3 is 9.47 Å². The normalized spacial score (nSPS) is 13.9. The maximum absolute atomic E-state index is 11.8. The Bertz CT molecular complexity index is 928. The average Bonchev–Trinajstić information content (AvgIpc) is 3.38. The fourth-order valence-corrected chi connectivity index (χ4v) is 2.77. The molecule has 1 aliphatic rings. The average molecular weight is 323 g/mol. The minimum atomic E-state index is -0.362. The number of carbonyl (C=O) groups excluding carboxylic acids is 1. The first-order valence-electron chi connectivity index (χ1n) is 7.83. The molecule has 0 atom stereocenters. The molecule has 0 amide bonds. The van der Waals surface area contributed by atoms with Crippen molar-refractivity contribution in [2.24, 2.45) is 0 Å². The van der Waals surface area contributed by atoms with E-state index in [-0.39, 0.29) is 5.97 Å². The fraction of sp³-hybridized carbons (Fsp3) is 0.278. The summed E-state index contributed by atoms with van der Waals surface area (Å²) in [6.07, 6.45) is 2.26. The van der Waals surface area contributed by atoms with Gasteiger partial charge in [-0.2, -0.15) is 5.10 Å². The van der Waals surface area contributed by atoms with E-state index in [0.29, 0.717) is 22.9 Å². The van der Waals surface area contributed by atoms with E-state index in [1.54, 1.807) is 23.8 Å². The summed E-state index contributed by atoms with van der Waals surface area (Å²) in [5, 5.41) is 4.66. The number of pyridine rings is 1. The second-order valence-corrected chi connectivity index (χ2v) is 5.84. The number of fused-ring (bicyclic) bond motifs is 1. The van der Waals surface area contributed by atoms with Crippen molar-refractivity contribution in [2.45, 2.75) is 18.8 Å². The van der Waals surface area contributed by atoms with Gasteiger partial charge in [-0.15, -0.1) is 0 Å². The lowest BCUT2D eigenvalue weighted by Gasteiger charge is -2.08. The van der Waals surface area contributed by atoms with Gasteiger partial charge in [-0.1, -0.05) is 12.1 Å². The first kappa shape index (κ1) is 14.7. The zero-order valence-corrected chi connectivity index (χ0v) is 13.5. The van der Waals surface area contributed by atoms with Gasteiger partial charge in [0.05, 0.1) is 25.5 Å². The number of carbonyl (C=O) groups is 1. The van der Waals surface area contributed by atoms with Crippen LogP contribution in [0.15, 0.2) is 36.4 Å². The Hall–Kier alpha value is -2.89. The molecule has 0 aliphatic heterocycles. The molecule has 1 fully saturated rings. The van der Waals surface area contributed by atoms with Crippen LogP contribution in [-0.2, 0) is 4.74 Å². The van der Waals surface area contributed by atoms with Gasteiger partial charge in [-0.3, -0.25) is 0 Å². The van der Waals surface area contributed by atoms with Crippen molar-refractivity contribution in [3.05, 3.63) is 47.8 Å². The largest absolute Gasteiger partial charge is 0.493 e. The van der Waals surface area contributed by atoms with Crippen LogP contribution < -0.4 is 4.74 Å². The monoisotopic (exact) mass is 323 g/mol. The highest BCUT2D eigenvalue weighted by atomic mass is 16.5. The maximum atomic E-state index is 11.8. The molecule has 122 valence electrons. The standard InChI is InChI=1S/C18H17N3O3/c1-23-15-9-8-14(12-4-3-5-13(10-12)18(22)24-2)21-17(15)19-16(20-21)11-6-7-11/h3-5,8-11H,6-7H2,1-2H3. The highest BCUT2D eigenvalue weighted by Gasteiger charge is 2.29. The lowest BCUT2D eigenvalue weighted by Crippen LogP contribution is -2.02. The van der Waals surface area contributed by atoms with Crippen LogP contribution in [0.2, 0.25) is 0 Å². The third-order valence-corrected chi connectivity index (χ3v) is 4.21. The van der Waals surface area contributed by atoms with Crippen molar-refractivity contribution in [3.8, 4) is 17.0 Å². The van der Waals surface area contributed by atoms with Crippen LogP contribution >= 0.6 is 0 Å². The Kier molecular flexibility index (Phi) is 3.45. The van der Waals surface area contributed by atoms with Gasteiger partial charge in [0.25, 0.3) is 0 Å². The molecule has 6 nitrogen and oxygen atoms in total. The predicted octanol–water partition coefficient (Wildman–Crippen LogP) is 3.07. The van der Waals surface area contributed by atoms with Crippen molar-refractivity contribution in [2.75, 3.05) is 14.2 Å². The molecule has 3 aromatic rings. The number of hydrogen-bond donors (Lipinski definition) is 0. The molecule has 1 saturated carbocycles. The summed E-state index contributed by atoms with van der Waals surface area (Å²) in [4.78, 5) is 16.4. The zero-order chi connectivity index (χ0) is 16.7. The van der Waals surface area contributed by atoms with Gasteiger partial charge in [0.15, 0.2) is 17.2 Å². The fourth-order valence-electron chi connectivity index (χ4n) is 2.77. The molecule has 1 aromatic carbocycles. The SMILES string of the molecule is COC(=O)c1cccc(-c2ccc(OC)c3nc(C4CC4)nn23)c1.